The quantitative estimate of drug-likeness (QED) is 0.742. The molecular formula is C22H24N2O2. The van der Waals surface area contributed by atoms with Gasteiger partial charge in [0.25, 0.3) is 11.5 Å². The number of hydrogen-bond acceptors (Lipinski definition) is 2. The molecule has 0 saturated carbocycles. The molecule has 4 heteroatoms. The van der Waals surface area contributed by atoms with Gasteiger partial charge in [0.2, 0.25) is 0 Å². The van der Waals surface area contributed by atoms with E-state index in [0.29, 0.717) is 12.1 Å². The van der Waals surface area contributed by atoms with Crippen LogP contribution in [0.4, 0.5) is 5.69 Å². The molecule has 1 N–H and O–H groups in total. The summed E-state index contributed by atoms with van der Waals surface area (Å²) in [7, 11) is 0. The first kappa shape index (κ1) is 17.9. The van der Waals surface area contributed by atoms with Crippen molar-refractivity contribution in [2.24, 2.45) is 0 Å². The van der Waals surface area contributed by atoms with Crippen molar-refractivity contribution in [2.45, 2.75) is 40.2 Å². The van der Waals surface area contributed by atoms with Crippen molar-refractivity contribution < 1.29 is 4.79 Å². The summed E-state index contributed by atoms with van der Waals surface area (Å²) in [5.41, 5.74) is 4.38. The molecule has 0 aliphatic carbocycles. The lowest BCUT2D eigenvalue weighted by Gasteiger charge is -2.16. The van der Waals surface area contributed by atoms with E-state index in [1.807, 2.05) is 56.3 Å². The van der Waals surface area contributed by atoms with Crippen molar-refractivity contribution in [2.75, 3.05) is 5.32 Å². The third-order valence-electron chi connectivity index (χ3n) is 4.65. The minimum Gasteiger partial charge on any atom is -0.322 e. The topological polar surface area (TPSA) is 51.1 Å². The molecule has 0 atom stereocenters. The van der Waals surface area contributed by atoms with Crippen LogP contribution in [0.3, 0.4) is 0 Å². The molecule has 26 heavy (non-hydrogen) atoms. The summed E-state index contributed by atoms with van der Waals surface area (Å²) >= 11 is 0. The van der Waals surface area contributed by atoms with E-state index in [1.165, 1.54) is 0 Å². The monoisotopic (exact) mass is 348 g/mol. The highest BCUT2D eigenvalue weighted by Crippen LogP contribution is 2.27. The largest absolute Gasteiger partial charge is 0.322 e. The number of carbonyl (C=O) groups excluding carboxylic acids is 1. The third-order valence-corrected chi connectivity index (χ3v) is 4.65. The van der Waals surface area contributed by atoms with Gasteiger partial charge >= 0.3 is 0 Å². The van der Waals surface area contributed by atoms with Gasteiger partial charge in [0, 0.05) is 29.2 Å². The highest BCUT2D eigenvalue weighted by atomic mass is 16.1. The van der Waals surface area contributed by atoms with Crippen LogP contribution in [0.5, 0.6) is 0 Å². The number of hydrogen-bond donors (Lipinski definition) is 1. The van der Waals surface area contributed by atoms with Crippen molar-refractivity contribution in [1.82, 2.24) is 4.57 Å². The number of fused-ring (bicyclic) bond motifs is 1. The normalized spacial score (nSPS) is 11.1. The number of aromatic nitrogens is 1. The van der Waals surface area contributed by atoms with E-state index in [0.717, 1.165) is 27.7 Å². The van der Waals surface area contributed by atoms with E-state index in [2.05, 4.69) is 19.2 Å². The van der Waals surface area contributed by atoms with Crippen LogP contribution >= 0.6 is 0 Å². The maximum atomic E-state index is 12.5. The molecule has 0 fully saturated rings. The van der Waals surface area contributed by atoms with Gasteiger partial charge in [-0.2, -0.15) is 0 Å². The summed E-state index contributed by atoms with van der Waals surface area (Å²) in [6.45, 7) is 8.71. The van der Waals surface area contributed by atoms with Gasteiger partial charge < -0.3 is 9.88 Å². The zero-order valence-corrected chi connectivity index (χ0v) is 15.7. The summed E-state index contributed by atoms with van der Waals surface area (Å²) in [5, 5.41) is 3.96. The Kier molecular flexibility index (Phi) is 4.94. The van der Waals surface area contributed by atoms with E-state index < -0.39 is 0 Å². The Morgan fingerprint density at radius 2 is 1.77 bits per heavy atom. The first-order valence-electron chi connectivity index (χ1n) is 8.96. The minimum atomic E-state index is -0.140. The van der Waals surface area contributed by atoms with Crippen LogP contribution in [0.25, 0.3) is 10.9 Å². The Hall–Kier alpha value is -2.88. The molecule has 0 saturated heterocycles. The number of pyridine rings is 1. The van der Waals surface area contributed by atoms with E-state index in [1.54, 1.807) is 10.6 Å². The fraction of sp³-hybridized carbons (Fsp3) is 0.273. The summed E-state index contributed by atoms with van der Waals surface area (Å²) in [5.74, 6) is 0.0824. The molecular weight excluding hydrogens is 324 g/mol. The molecule has 1 aromatic heterocycles. The lowest BCUT2D eigenvalue weighted by molar-refractivity contribution is 0.102. The van der Waals surface area contributed by atoms with Crippen LogP contribution in [0.1, 0.15) is 48.2 Å². The second-order valence-electron chi connectivity index (χ2n) is 6.89. The molecule has 0 radical (unpaired) electrons. The van der Waals surface area contributed by atoms with Crippen LogP contribution in [0.2, 0.25) is 0 Å². The van der Waals surface area contributed by atoms with Gasteiger partial charge in [0.1, 0.15) is 0 Å². The van der Waals surface area contributed by atoms with Gasteiger partial charge in [0.15, 0.2) is 0 Å². The van der Waals surface area contributed by atoms with E-state index in [4.69, 9.17) is 0 Å². The number of nitrogens with one attached hydrogen (secondary N) is 1. The average Bonchev–Trinajstić information content (AvgIpc) is 2.61. The molecule has 0 aliphatic rings. The molecule has 3 rings (SSSR count). The van der Waals surface area contributed by atoms with Crippen LogP contribution in [-0.4, -0.2) is 10.5 Å². The molecule has 1 amide bonds. The highest BCUT2D eigenvalue weighted by Gasteiger charge is 2.13. The van der Waals surface area contributed by atoms with Gasteiger partial charge in [-0.25, -0.2) is 0 Å². The first-order chi connectivity index (χ1) is 12.4. The van der Waals surface area contributed by atoms with Gasteiger partial charge in [0.05, 0.1) is 5.52 Å². The number of anilines is 1. The second-order valence-corrected chi connectivity index (χ2v) is 6.89. The molecule has 0 unspecified atom stereocenters. The Morgan fingerprint density at radius 3 is 2.38 bits per heavy atom. The summed E-state index contributed by atoms with van der Waals surface area (Å²) in [6.07, 6.45) is 0. The van der Waals surface area contributed by atoms with Crippen molar-refractivity contribution in [1.29, 1.82) is 0 Å². The lowest BCUT2D eigenvalue weighted by atomic mass is 9.98. The second kappa shape index (κ2) is 7.16. The van der Waals surface area contributed by atoms with Crippen molar-refractivity contribution in [3.8, 4) is 0 Å². The van der Waals surface area contributed by atoms with Crippen LogP contribution < -0.4 is 10.9 Å². The molecule has 1 heterocycles. The van der Waals surface area contributed by atoms with Gasteiger partial charge in [-0.1, -0.05) is 31.5 Å². The SMILES string of the molecule is CCn1c(=O)cc(C(C)C)c2cc(NC(=O)c3ccc(C)cc3)ccc21. The molecule has 2 aromatic carbocycles. The fourth-order valence-electron chi connectivity index (χ4n) is 3.20. The summed E-state index contributed by atoms with van der Waals surface area (Å²) < 4.78 is 1.76. The zero-order chi connectivity index (χ0) is 18.8. The number of benzene rings is 2. The Morgan fingerprint density at radius 1 is 1.08 bits per heavy atom. The smallest absolute Gasteiger partial charge is 0.255 e. The van der Waals surface area contributed by atoms with Crippen LogP contribution in [0, 0.1) is 6.92 Å². The fourth-order valence-corrected chi connectivity index (χ4v) is 3.20. The predicted octanol–water partition coefficient (Wildman–Crippen LogP) is 4.71. The van der Waals surface area contributed by atoms with Crippen molar-refractivity contribution in [3.63, 3.8) is 0 Å². The number of nitrogens with zero attached hydrogens (tertiary/aromatic N) is 1. The summed E-state index contributed by atoms with van der Waals surface area (Å²) in [6, 6.07) is 14.9. The Labute approximate surface area is 153 Å². The molecule has 0 aliphatic heterocycles. The predicted molar refractivity (Wildman–Crippen MR) is 107 cm³/mol. The molecule has 3 aromatic rings. The molecule has 4 nitrogen and oxygen atoms in total. The lowest BCUT2D eigenvalue weighted by Crippen LogP contribution is -2.20. The van der Waals surface area contributed by atoms with Crippen molar-refractivity contribution in [3.05, 3.63) is 75.6 Å². The zero-order valence-electron chi connectivity index (χ0n) is 15.7. The van der Waals surface area contributed by atoms with Crippen LogP contribution in [0.15, 0.2) is 53.3 Å². The highest BCUT2D eigenvalue weighted by molar-refractivity contribution is 6.05. The Bertz CT molecular complexity index is 1010. The first-order valence-corrected chi connectivity index (χ1v) is 8.96. The molecule has 0 spiro atoms. The summed E-state index contributed by atoms with van der Waals surface area (Å²) in [4.78, 5) is 24.8. The van der Waals surface area contributed by atoms with E-state index in [9.17, 15) is 9.59 Å². The van der Waals surface area contributed by atoms with Crippen LogP contribution in [-0.2, 0) is 6.54 Å². The standard InChI is InChI=1S/C22H24N2O2/c1-5-24-20-11-10-17(12-19(20)18(14(2)3)13-21(24)25)23-22(26)16-8-6-15(4)7-9-16/h6-14H,5H2,1-4H3,(H,23,26). The maximum Gasteiger partial charge on any atom is 0.255 e. The van der Waals surface area contributed by atoms with E-state index >= 15 is 0 Å². The number of amides is 1. The van der Waals surface area contributed by atoms with Gasteiger partial charge in [-0.05, 0) is 55.7 Å². The van der Waals surface area contributed by atoms with Crippen molar-refractivity contribution >= 4 is 22.5 Å². The molecule has 134 valence electrons. The number of carbonyl (C=O) groups is 1. The third kappa shape index (κ3) is 3.40. The van der Waals surface area contributed by atoms with E-state index in [-0.39, 0.29) is 17.4 Å². The number of aryl methyl sites for hydroxylation is 2. The van der Waals surface area contributed by atoms with Gasteiger partial charge in [-0.15, -0.1) is 0 Å². The average molecular weight is 348 g/mol. The number of rotatable bonds is 4. The minimum absolute atomic E-state index is 0.0140. The Balaban J connectivity index is 2.04. The molecule has 0 bridgehead atoms. The maximum absolute atomic E-state index is 12.5. The van der Waals surface area contributed by atoms with Gasteiger partial charge in [-0.3, -0.25) is 9.59 Å².